The molecular formula is C5H12N2O. The maximum absolute atomic E-state index is 10.5. The van der Waals surface area contributed by atoms with Crippen LogP contribution < -0.4 is 11.1 Å². The van der Waals surface area contributed by atoms with E-state index in [1.54, 1.807) is 6.92 Å². The molecule has 1 amide bonds. The Kier molecular flexibility index (Phi) is 3.19. The first-order chi connectivity index (χ1) is 3.68. The Balaban J connectivity index is 3.33. The number of hydrogen-bond acceptors (Lipinski definition) is 2. The van der Waals surface area contributed by atoms with Crippen LogP contribution in [-0.4, -0.2) is 18.5 Å². The van der Waals surface area contributed by atoms with Crippen molar-refractivity contribution in [3.63, 3.8) is 0 Å². The van der Waals surface area contributed by atoms with Crippen molar-refractivity contribution >= 4 is 5.91 Å². The molecule has 0 saturated carbocycles. The van der Waals surface area contributed by atoms with Crippen LogP contribution in [0.4, 0.5) is 0 Å². The lowest BCUT2D eigenvalue weighted by Gasteiger charge is -2.02. The van der Waals surface area contributed by atoms with Crippen LogP contribution in [0.5, 0.6) is 0 Å². The highest BCUT2D eigenvalue weighted by molar-refractivity contribution is 5.80. The number of hydrogen-bond donors (Lipinski definition) is 2. The molecule has 0 saturated heterocycles. The quantitative estimate of drug-likeness (QED) is 0.509. The summed E-state index contributed by atoms with van der Waals surface area (Å²) >= 11 is 0. The molecule has 3 nitrogen and oxygen atoms in total. The van der Waals surface area contributed by atoms with Gasteiger partial charge in [-0.15, -0.1) is 0 Å². The second kappa shape index (κ2) is 3.43. The minimum absolute atomic E-state index is 0.0903. The highest BCUT2D eigenvalue weighted by atomic mass is 16.2. The monoisotopic (exact) mass is 116 g/mol. The van der Waals surface area contributed by atoms with E-state index in [9.17, 15) is 4.79 Å². The van der Waals surface area contributed by atoms with Crippen LogP contribution in [-0.2, 0) is 4.79 Å². The molecule has 0 bridgehead atoms. The van der Waals surface area contributed by atoms with Gasteiger partial charge in [-0.3, -0.25) is 4.79 Å². The van der Waals surface area contributed by atoms with Crippen LogP contribution in [0.2, 0.25) is 0 Å². The maximum Gasteiger partial charge on any atom is 0.236 e. The van der Waals surface area contributed by atoms with Crippen LogP contribution in [0.15, 0.2) is 0 Å². The number of amides is 1. The second-order valence-corrected chi connectivity index (χ2v) is 1.68. The van der Waals surface area contributed by atoms with Crippen LogP contribution >= 0.6 is 0 Å². The Morgan fingerprint density at radius 3 is 2.50 bits per heavy atom. The van der Waals surface area contributed by atoms with Crippen molar-refractivity contribution in [1.29, 1.82) is 0 Å². The van der Waals surface area contributed by atoms with Crippen LogP contribution in [0.1, 0.15) is 13.8 Å². The van der Waals surface area contributed by atoms with Gasteiger partial charge in [0.25, 0.3) is 0 Å². The molecule has 3 N–H and O–H groups in total. The standard InChI is InChI=1S/C5H12N2O/c1-3-7-5(8)4(2)6/h4H,3,6H2,1-2H3,(H,7,8). The van der Waals surface area contributed by atoms with E-state index in [1.807, 2.05) is 6.92 Å². The number of carbonyl (C=O) groups excluding carboxylic acids is 1. The molecule has 0 radical (unpaired) electrons. The fourth-order valence-corrected chi connectivity index (χ4v) is 0.335. The van der Waals surface area contributed by atoms with Gasteiger partial charge in [0.1, 0.15) is 0 Å². The Bertz CT molecular complexity index is 80.5. The summed E-state index contributed by atoms with van der Waals surface area (Å²) < 4.78 is 0. The summed E-state index contributed by atoms with van der Waals surface area (Å²) in [5, 5.41) is 2.58. The van der Waals surface area contributed by atoms with E-state index in [0.717, 1.165) is 0 Å². The van der Waals surface area contributed by atoms with Crippen molar-refractivity contribution in [3.05, 3.63) is 0 Å². The maximum atomic E-state index is 10.5. The summed E-state index contributed by atoms with van der Waals surface area (Å²) in [7, 11) is 0. The molecule has 0 aromatic carbocycles. The molecule has 1 atom stereocenters. The lowest BCUT2D eigenvalue weighted by Crippen LogP contribution is -2.37. The fourth-order valence-electron chi connectivity index (χ4n) is 0.335. The van der Waals surface area contributed by atoms with Gasteiger partial charge in [0.15, 0.2) is 0 Å². The van der Waals surface area contributed by atoms with Gasteiger partial charge in [-0.05, 0) is 13.8 Å². The predicted octanol–water partition coefficient (Wildman–Crippen LogP) is -0.530. The Morgan fingerprint density at radius 2 is 2.38 bits per heavy atom. The number of nitrogens with one attached hydrogen (secondary N) is 1. The first-order valence-electron chi connectivity index (χ1n) is 2.71. The van der Waals surface area contributed by atoms with Crippen molar-refractivity contribution in [3.8, 4) is 0 Å². The number of nitrogens with two attached hydrogens (primary N) is 1. The van der Waals surface area contributed by atoms with E-state index in [2.05, 4.69) is 5.32 Å². The lowest BCUT2D eigenvalue weighted by atomic mass is 10.3. The summed E-state index contributed by atoms with van der Waals surface area (Å²) in [6, 6.07) is -0.380. The summed E-state index contributed by atoms with van der Waals surface area (Å²) in [4.78, 5) is 10.5. The topological polar surface area (TPSA) is 55.1 Å². The molecule has 3 heteroatoms. The Labute approximate surface area is 49.3 Å². The van der Waals surface area contributed by atoms with E-state index >= 15 is 0 Å². The van der Waals surface area contributed by atoms with Gasteiger partial charge >= 0.3 is 0 Å². The number of rotatable bonds is 2. The average molecular weight is 116 g/mol. The zero-order chi connectivity index (χ0) is 6.57. The van der Waals surface area contributed by atoms with Crippen molar-refractivity contribution < 1.29 is 4.79 Å². The van der Waals surface area contributed by atoms with Gasteiger partial charge in [0, 0.05) is 6.54 Å². The molecule has 0 spiro atoms. The molecular weight excluding hydrogens is 104 g/mol. The van der Waals surface area contributed by atoms with Gasteiger partial charge in [-0.25, -0.2) is 0 Å². The molecule has 0 fully saturated rings. The van der Waals surface area contributed by atoms with Crippen LogP contribution in [0, 0.1) is 0 Å². The first-order valence-corrected chi connectivity index (χ1v) is 2.71. The summed E-state index contributed by atoms with van der Waals surface area (Å²) in [5.41, 5.74) is 5.21. The van der Waals surface area contributed by atoms with E-state index in [4.69, 9.17) is 5.73 Å². The smallest absolute Gasteiger partial charge is 0.236 e. The van der Waals surface area contributed by atoms with Crippen molar-refractivity contribution in [1.82, 2.24) is 5.32 Å². The molecule has 0 aliphatic rings. The van der Waals surface area contributed by atoms with Gasteiger partial charge in [-0.1, -0.05) is 0 Å². The molecule has 48 valence electrons. The van der Waals surface area contributed by atoms with Crippen molar-refractivity contribution in [2.75, 3.05) is 6.54 Å². The van der Waals surface area contributed by atoms with Crippen LogP contribution in [0.3, 0.4) is 0 Å². The molecule has 0 heterocycles. The molecule has 8 heavy (non-hydrogen) atoms. The molecule has 0 aromatic rings. The normalized spacial score (nSPS) is 12.9. The minimum Gasteiger partial charge on any atom is -0.355 e. The van der Waals surface area contributed by atoms with Crippen LogP contribution in [0.25, 0.3) is 0 Å². The predicted molar refractivity (Wildman–Crippen MR) is 32.3 cm³/mol. The van der Waals surface area contributed by atoms with Gasteiger partial charge in [0.2, 0.25) is 5.91 Å². The fraction of sp³-hybridized carbons (Fsp3) is 0.800. The Hall–Kier alpha value is -0.570. The zero-order valence-corrected chi connectivity index (χ0v) is 5.27. The van der Waals surface area contributed by atoms with Crippen molar-refractivity contribution in [2.45, 2.75) is 19.9 Å². The zero-order valence-electron chi connectivity index (χ0n) is 5.27. The highest BCUT2D eigenvalue weighted by Gasteiger charge is 2.02. The largest absolute Gasteiger partial charge is 0.355 e. The van der Waals surface area contributed by atoms with E-state index in [0.29, 0.717) is 6.54 Å². The SMILES string of the molecule is CCNC(=O)C(C)N. The van der Waals surface area contributed by atoms with E-state index in [-0.39, 0.29) is 11.9 Å². The van der Waals surface area contributed by atoms with Gasteiger partial charge < -0.3 is 11.1 Å². The number of carbonyl (C=O) groups is 1. The second-order valence-electron chi connectivity index (χ2n) is 1.68. The summed E-state index contributed by atoms with van der Waals surface area (Å²) in [6.45, 7) is 4.17. The van der Waals surface area contributed by atoms with E-state index in [1.165, 1.54) is 0 Å². The van der Waals surface area contributed by atoms with Gasteiger partial charge in [-0.2, -0.15) is 0 Å². The third-order valence-corrected chi connectivity index (χ3v) is 0.765. The average Bonchev–Trinajstić information content (AvgIpc) is 1.67. The minimum atomic E-state index is -0.380. The molecule has 0 aromatic heterocycles. The summed E-state index contributed by atoms with van der Waals surface area (Å²) in [5.74, 6) is -0.0903. The Morgan fingerprint density at radius 1 is 1.88 bits per heavy atom. The third-order valence-electron chi connectivity index (χ3n) is 0.765. The van der Waals surface area contributed by atoms with Gasteiger partial charge in [0.05, 0.1) is 6.04 Å². The highest BCUT2D eigenvalue weighted by Crippen LogP contribution is 1.71. The molecule has 0 aliphatic carbocycles. The van der Waals surface area contributed by atoms with E-state index < -0.39 is 0 Å². The van der Waals surface area contributed by atoms with Crippen molar-refractivity contribution in [2.24, 2.45) is 5.73 Å². The first kappa shape index (κ1) is 7.43. The lowest BCUT2D eigenvalue weighted by molar-refractivity contribution is -0.121. The molecule has 0 aliphatic heterocycles. The number of likely N-dealkylation sites (N-methyl/N-ethyl adjacent to an activating group) is 1. The molecule has 1 unspecified atom stereocenters. The summed E-state index contributed by atoms with van der Waals surface area (Å²) in [6.07, 6.45) is 0. The molecule has 0 rings (SSSR count). The third kappa shape index (κ3) is 2.58.